The molecule has 60 valence electrons. The van der Waals surface area contributed by atoms with Gasteiger partial charge in [-0.25, -0.2) is 0 Å². The molecule has 1 fully saturated rings. The van der Waals surface area contributed by atoms with E-state index < -0.39 is 11.7 Å². The van der Waals surface area contributed by atoms with E-state index in [4.69, 9.17) is 0 Å². The quantitative estimate of drug-likeness (QED) is 0.290. The number of hydrogen-bond acceptors (Lipinski definition) is 3. The van der Waals surface area contributed by atoms with Gasteiger partial charge in [0.05, 0.1) is 5.92 Å². The van der Waals surface area contributed by atoms with Gasteiger partial charge < -0.3 is 0 Å². The Labute approximate surface area is 64.8 Å². The monoisotopic (exact) mass is 154 g/mol. The summed E-state index contributed by atoms with van der Waals surface area (Å²) in [6.45, 7) is 1.51. The van der Waals surface area contributed by atoms with E-state index >= 15 is 0 Å². The van der Waals surface area contributed by atoms with Gasteiger partial charge in [-0.3, -0.25) is 14.4 Å². The Kier molecular flexibility index (Phi) is 2.17. The Morgan fingerprint density at radius 2 is 1.82 bits per heavy atom. The van der Waals surface area contributed by atoms with Crippen molar-refractivity contribution in [2.75, 3.05) is 0 Å². The molecule has 1 aliphatic rings. The first-order valence-corrected chi connectivity index (χ1v) is 3.72. The van der Waals surface area contributed by atoms with E-state index in [1.807, 2.05) is 0 Å². The number of Topliss-reactive ketones (excluding diaryl/α,β-unsaturated/α-hetero) is 3. The Morgan fingerprint density at radius 3 is 2.45 bits per heavy atom. The second-order valence-corrected chi connectivity index (χ2v) is 2.83. The van der Waals surface area contributed by atoms with Crippen LogP contribution in [-0.4, -0.2) is 17.3 Å². The van der Waals surface area contributed by atoms with Gasteiger partial charge in [0.2, 0.25) is 5.78 Å². The molecule has 3 heteroatoms. The zero-order valence-corrected chi connectivity index (χ0v) is 6.42. The molecular weight excluding hydrogens is 144 g/mol. The van der Waals surface area contributed by atoms with Gasteiger partial charge in [0.15, 0.2) is 5.78 Å². The van der Waals surface area contributed by atoms with E-state index in [0.717, 1.165) is 0 Å². The van der Waals surface area contributed by atoms with E-state index in [9.17, 15) is 14.4 Å². The van der Waals surface area contributed by atoms with Crippen LogP contribution in [-0.2, 0) is 14.4 Å². The lowest BCUT2D eigenvalue weighted by Crippen LogP contribution is -2.24. The zero-order valence-electron chi connectivity index (χ0n) is 6.42. The molecule has 0 heterocycles. The average molecular weight is 154 g/mol. The van der Waals surface area contributed by atoms with Crippen LogP contribution in [0.3, 0.4) is 0 Å². The molecule has 0 bridgehead atoms. The standard InChI is InChI=1S/C8H10O3/c1-5-6(9)3-2-4-7(10)8(5)11/h5H,2-4H2,1H3. The van der Waals surface area contributed by atoms with Crippen molar-refractivity contribution in [2.24, 2.45) is 5.92 Å². The molecule has 0 saturated heterocycles. The molecule has 0 N–H and O–H groups in total. The molecule has 0 aromatic rings. The maximum atomic E-state index is 11.0. The van der Waals surface area contributed by atoms with Crippen LogP contribution in [0.1, 0.15) is 26.2 Å². The first kappa shape index (κ1) is 8.11. The van der Waals surface area contributed by atoms with E-state index in [0.29, 0.717) is 12.8 Å². The van der Waals surface area contributed by atoms with Crippen LogP contribution in [0.15, 0.2) is 0 Å². The molecule has 1 rings (SSSR count). The second-order valence-electron chi connectivity index (χ2n) is 2.83. The molecule has 1 atom stereocenters. The van der Waals surface area contributed by atoms with Gasteiger partial charge in [0.25, 0.3) is 0 Å². The predicted molar refractivity (Wildman–Crippen MR) is 38.0 cm³/mol. The second kappa shape index (κ2) is 2.95. The Hall–Kier alpha value is -0.990. The molecule has 1 unspecified atom stereocenters. The van der Waals surface area contributed by atoms with Gasteiger partial charge in [0.1, 0.15) is 5.78 Å². The fraction of sp³-hybridized carbons (Fsp3) is 0.625. The summed E-state index contributed by atoms with van der Waals surface area (Å²) in [5.41, 5.74) is 0. The van der Waals surface area contributed by atoms with Crippen molar-refractivity contribution in [3.63, 3.8) is 0 Å². The summed E-state index contributed by atoms with van der Waals surface area (Å²) in [5, 5.41) is 0. The highest BCUT2D eigenvalue weighted by Crippen LogP contribution is 2.13. The van der Waals surface area contributed by atoms with Crippen molar-refractivity contribution in [1.82, 2.24) is 0 Å². The third-order valence-corrected chi connectivity index (χ3v) is 1.98. The molecule has 0 aliphatic heterocycles. The fourth-order valence-corrected chi connectivity index (χ4v) is 1.15. The highest BCUT2D eigenvalue weighted by atomic mass is 16.2. The smallest absolute Gasteiger partial charge is 0.208 e. The molecule has 0 aromatic heterocycles. The first-order valence-electron chi connectivity index (χ1n) is 3.72. The van der Waals surface area contributed by atoms with E-state index in [1.165, 1.54) is 6.92 Å². The van der Waals surface area contributed by atoms with Crippen molar-refractivity contribution < 1.29 is 14.4 Å². The van der Waals surface area contributed by atoms with Gasteiger partial charge >= 0.3 is 0 Å². The number of carbonyl (C=O) groups excluding carboxylic acids is 3. The summed E-state index contributed by atoms with van der Waals surface area (Å²) in [5.74, 6) is -1.68. The SMILES string of the molecule is CC1C(=O)CCCC(=O)C1=O. The van der Waals surface area contributed by atoms with Crippen molar-refractivity contribution in [1.29, 1.82) is 0 Å². The Bertz CT molecular complexity index is 217. The van der Waals surface area contributed by atoms with E-state index in [2.05, 4.69) is 0 Å². The molecule has 0 aromatic carbocycles. The lowest BCUT2D eigenvalue weighted by Gasteiger charge is -2.00. The minimum atomic E-state index is -0.690. The summed E-state index contributed by atoms with van der Waals surface area (Å²) < 4.78 is 0. The van der Waals surface area contributed by atoms with Crippen LogP contribution in [0.4, 0.5) is 0 Å². The average Bonchev–Trinajstić information content (AvgIpc) is 2.07. The van der Waals surface area contributed by atoms with Crippen LogP contribution in [0, 0.1) is 5.92 Å². The van der Waals surface area contributed by atoms with Crippen molar-refractivity contribution in [2.45, 2.75) is 26.2 Å². The maximum absolute atomic E-state index is 11.0. The van der Waals surface area contributed by atoms with Gasteiger partial charge in [0, 0.05) is 12.8 Å². The van der Waals surface area contributed by atoms with E-state index in [-0.39, 0.29) is 18.0 Å². The van der Waals surface area contributed by atoms with Crippen LogP contribution in [0.25, 0.3) is 0 Å². The van der Waals surface area contributed by atoms with E-state index in [1.54, 1.807) is 0 Å². The molecule has 1 aliphatic carbocycles. The summed E-state index contributed by atoms with van der Waals surface area (Å²) in [6, 6.07) is 0. The van der Waals surface area contributed by atoms with Crippen LogP contribution in [0.2, 0.25) is 0 Å². The highest BCUT2D eigenvalue weighted by Gasteiger charge is 2.29. The number of rotatable bonds is 0. The van der Waals surface area contributed by atoms with Gasteiger partial charge in [-0.05, 0) is 13.3 Å². The van der Waals surface area contributed by atoms with Gasteiger partial charge in [-0.2, -0.15) is 0 Å². The highest BCUT2D eigenvalue weighted by molar-refractivity contribution is 6.41. The normalized spacial score (nSPS) is 27.0. The molecule has 11 heavy (non-hydrogen) atoms. The van der Waals surface area contributed by atoms with Crippen molar-refractivity contribution >= 4 is 17.3 Å². The zero-order chi connectivity index (χ0) is 8.43. The van der Waals surface area contributed by atoms with Crippen molar-refractivity contribution in [3.8, 4) is 0 Å². The summed E-state index contributed by atoms with van der Waals surface area (Å²) in [6.07, 6.45) is 1.15. The summed E-state index contributed by atoms with van der Waals surface area (Å²) in [7, 11) is 0. The Balaban J connectivity index is 2.82. The first-order chi connectivity index (χ1) is 5.13. The molecule has 1 saturated carbocycles. The Morgan fingerprint density at radius 1 is 1.18 bits per heavy atom. The lowest BCUT2D eigenvalue weighted by atomic mass is 10.00. The lowest BCUT2D eigenvalue weighted by molar-refractivity contribution is -0.140. The minimum Gasteiger partial charge on any atom is -0.299 e. The van der Waals surface area contributed by atoms with Gasteiger partial charge in [-0.15, -0.1) is 0 Å². The third-order valence-electron chi connectivity index (χ3n) is 1.98. The number of ketones is 3. The van der Waals surface area contributed by atoms with Crippen LogP contribution in [0.5, 0.6) is 0 Å². The molecule has 0 radical (unpaired) electrons. The van der Waals surface area contributed by atoms with Crippen LogP contribution < -0.4 is 0 Å². The topological polar surface area (TPSA) is 51.2 Å². The fourth-order valence-electron chi connectivity index (χ4n) is 1.15. The summed E-state index contributed by atoms with van der Waals surface area (Å²) >= 11 is 0. The molecule has 0 amide bonds. The summed E-state index contributed by atoms with van der Waals surface area (Å²) in [4.78, 5) is 32.9. The number of hydrogen-bond donors (Lipinski definition) is 0. The largest absolute Gasteiger partial charge is 0.299 e. The third kappa shape index (κ3) is 1.53. The minimum absolute atomic E-state index is 0.0964. The molecule has 0 spiro atoms. The predicted octanol–water partition coefficient (Wildman–Crippen LogP) is 0.514. The molecule has 3 nitrogen and oxygen atoms in total. The van der Waals surface area contributed by atoms with Crippen molar-refractivity contribution in [3.05, 3.63) is 0 Å². The number of carbonyl (C=O) groups is 3. The maximum Gasteiger partial charge on any atom is 0.208 e. The molecular formula is C8H10O3. The van der Waals surface area contributed by atoms with Gasteiger partial charge in [-0.1, -0.05) is 0 Å². The van der Waals surface area contributed by atoms with Crippen LogP contribution >= 0.6 is 0 Å².